The Labute approximate surface area is 283 Å². The summed E-state index contributed by atoms with van der Waals surface area (Å²) in [5, 5.41) is 7.39. The van der Waals surface area contributed by atoms with Gasteiger partial charge in [-0.1, -0.05) is 158 Å². The van der Waals surface area contributed by atoms with E-state index in [0.717, 1.165) is 66.6 Å². The van der Waals surface area contributed by atoms with Crippen molar-refractivity contribution in [1.29, 1.82) is 0 Å². The van der Waals surface area contributed by atoms with Gasteiger partial charge in [-0.15, -0.1) is 0 Å². The lowest BCUT2D eigenvalue weighted by atomic mass is 9.98. The van der Waals surface area contributed by atoms with Crippen molar-refractivity contribution in [2.75, 3.05) is 0 Å². The number of aromatic nitrogens is 5. The van der Waals surface area contributed by atoms with Gasteiger partial charge in [-0.25, -0.2) is 19.5 Å². The zero-order valence-electron chi connectivity index (χ0n) is 26.5. The molecule has 0 radical (unpaired) electrons. The van der Waals surface area contributed by atoms with E-state index in [1.807, 2.05) is 72.8 Å². The standard InChI is InChI=1S/C44H29N5/c1-5-13-31(14-6-1)39-29-41-38-26-25-36(27-37(38)28-40(49(41)48-39)32-15-7-2-8-16-32)30-21-23-35(24-22-30)44-46-42(33-17-9-3-10-18-33)45-43(47-44)34-19-11-4-12-20-34/h1-29H. The fraction of sp³-hybridized carbons (Fsp3) is 0. The van der Waals surface area contributed by atoms with Gasteiger partial charge in [0.05, 0.1) is 16.9 Å². The first-order valence-corrected chi connectivity index (χ1v) is 16.3. The number of rotatable bonds is 6. The minimum absolute atomic E-state index is 0.641. The fourth-order valence-corrected chi connectivity index (χ4v) is 6.37. The Hall–Kier alpha value is -6.72. The number of hydrogen-bond donors (Lipinski definition) is 0. The van der Waals surface area contributed by atoms with Crippen molar-refractivity contribution in [3.63, 3.8) is 0 Å². The summed E-state index contributed by atoms with van der Waals surface area (Å²) in [6.07, 6.45) is 0. The Kier molecular flexibility index (Phi) is 7.06. The van der Waals surface area contributed by atoms with Gasteiger partial charge in [-0.3, -0.25) is 0 Å². The molecule has 0 bridgehead atoms. The van der Waals surface area contributed by atoms with Crippen molar-refractivity contribution in [3.05, 3.63) is 176 Å². The summed E-state index contributed by atoms with van der Waals surface area (Å²) in [7, 11) is 0. The lowest BCUT2D eigenvalue weighted by Crippen LogP contribution is -2.00. The van der Waals surface area contributed by atoms with Gasteiger partial charge in [0.25, 0.3) is 0 Å². The van der Waals surface area contributed by atoms with E-state index in [1.54, 1.807) is 0 Å². The Morgan fingerprint density at radius 2 is 0.796 bits per heavy atom. The molecule has 0 saturated carbocycles. The normalized spacial score (nSPS) is 11.3. The van der Waals surface area contributed by atoms with Crippen LogP contribution in [0, 0.1) is 0 Å². The van der Waals surface area contributed by atoms with Crippen molar-refractivity contribution in [2.24, 2.45) is 0 Å². The molecule has 0 spiro atoms. The minimum Gasteiger partial charge on any atom is -0.232 e. The third-order valence-electron chi connectivity index (χ3n) is 8.87. The van der Waals surface area contributed by atoms with Crippen molar-refractivity contribution in [1.82, 2.24) is 24.6 Å². The van der Waals surface area contributed by atoms with Gasteiger partial charge in [0.15, 0.2) is 17.5 Å². The van der Waals surface area contributed by atoms with Crippen molar-refractivity contribution in [3.8, 4) is 67.8 Å². The van der Waals surface area contributed by atoms with E-state index in [2.05, 4.69) is 108 Å². The monoisotopic (exact) mass is 627 g/mol. The molecule has 3 heterocycles. The summed E-state index contributed by atoms with van der Waals surface area (Å²) in [5.74, 6) is 1.94. The van der Waals surface area contributed by atoms with Crippen LogP contribution in [-0.2, 0) is 0 Å². The molecule has 0 fully saturated rings. The molecule has 230 valence electrons. The van der Waals surface area contributed by atoms with E-state index in [-0.39, 0.29) is 0 Å². The van der Waals surface area contributed by atoms with Crippen LogP contribution in [0.15, 0.2) is 176 Å². The predicted molar refractivity (Wildman–Crippen MR) is 199 cm³/mol. The highest BCUT2D eigenvalue weighted by Crippen LogP contribution is 2.34. The molecule has 0 aliphatic rings. The highest BCUT2D eigenvalue weighted by atomic mass is 15.2. The largest absolute Gasteiger partial charge is 0.232 e. The van der Waals surface area contributed by atoms with Crippen molar-refractivity contribution < 1.29 is 0 Å². The first-order valence-electron chi connectivity index (χ1n) is 16.3. The van der Waals surface area contributed by atoms with Crippen LogP contribution in [-0.4, -0.2) is 24.6 Å². The zero-order chi connectivity index (χ0) is 32.6. The molecule has 5 heteroatoms. The second-order valence-corrected chi connectivity index (χ2v) is 12.0. The minimum atomic E-state index is 0.641. The van der Waals surface area contributed by atoms with Crippen LogP contribution < -0.4 is 0 Å². The zero-order valence-corrected chi connectivity index (χ0v) is 26.5. The Morgan fingerprint density at radius 3 is 1.35 bits per heavy atom. The molecule has 3 aromatic heterocycles. The molecule has 0 atom stereocenters. The van der Waals surface area contributed by atoms with E-state index >= 15 is 0 Å². The van der Waals surface area contributed by atoms with E-state index in [0.29, 0.717) is 17.5 Å². The molecular formula is C44H29N5. The predicted octanol–water partition coefficient (Wildman–Crippen LogP) is 10.7. The summed E-state index contributed by atoms with van der Waals surface area (Å²) in [6.45, 7) is 0. The molecule has 49 heavy (non-hydrogen) atoms. The summed E-state index contributed by atoms with van der Waals surface area (Å²) in [6, 6.07) is 60.6. The van der Waals surface area contributed by atoms with Crippen LogP contribution in [0.1, 0.15) is 0 Å². The first-order chi connectivity index (χ1) is 24.3. The molecule has 0 N–H and O–H groups in total. The number of benzene rings is 6. The summed E-state index contributed by atoms with van der Waals surface area (Å²) < 4.78 is 2.08. The van der Waals surface area contributed by atoms with Crippen LogP contribution in [0.2, 0.25) is 0 Å². The van der Waals surface area contributed by atoms with Crippen LogP contribution in [0.25, 0.3) is 84.1 Å². The Bertz CT molecular complexity index is 2500. The molecule has 0 amide bonds. The van der Waals surface area contributed by atoms with Crippen LogP contribution >= 0.6 is 0 Å². The highest BCUT2D eigenvalue weighted by Gasteiger charge is 2.15. The van der Waals surface area contributed by atoms with Gasteiger partial charge in [0.2, 0.25) is 0 Å². The van der Waals surface area contributed by atoms with Gasteiger partial charge in [0.1, 0.15) is 0 Å². The lowest BCUT2D eigenvalue weighted by Gasteiger charge is -2.11. The molecule has 6 aromatic carbocycles. The molecular weight excluding hydrogens is 599 g/mol. The van der Waals surface area contributed by atoms with E-state index < -0.39 is 0 Å². The summed E-state index contributed by atoms with van der Waals surface area (Å²) in [5.41, 5.74) is 10.4. The summed E-state index contributed by atoms with van der Waals surface area (Å²) in [4.78, 5) is 14.6. The Morgan fingerprint density at radius 1 is 0.347 bits per heavy atom. The van der Waals surface area contributed by atoms with Crippen molar-refractivity contribution >= 4 is 16.3 Å². The van der Waals surface area contributed by atoms with Gasteiger partial charge >= 0.3 is 0 Å². The smallest absolute Gasteiger partial charge is 0.164 e. The maximum Gasteiger partial charge on any atom is 0.164 e. The number of nitrogens with zero attached hydrogens (tertiary/aromatic N) is 5. The van der Waals surface area contributed by atoms with Crippen LogP contribution in [0.3, 0.4) is 0 Å². The second kappa shape index (κ2) is 12.1. The average Bonchev–Trinajstić information content (AvgIpc) is 3.65. The van der Waals surface area contributed by atoms with Gasteiger partial charge in [0, 0.05) is 33.2 Å². The van der Waals surface area contributed by atoms with Gasteiger partial charge < -0.3 is 0 Å². The third-order valence-corrected chi connectivity index (χ3v) is 8.87. The van der Waals surface area contributed by atoms with E-state index in [1.165, 1.54) is 0 Å². The molecule has 5 nitrogen and oxygen atoms in total. The van der Waals surface area contributed by atoms with E-state index in [4.69, 9.17) is 20.1 Å². The Balaban J connectivity index is 1.13. The molecule has 9 rings (SSSR count). The highest BCUT2D eigenvalue weighted by molar-refractivity contribution is 6.01. The maximum atomic E-state index is 5.08. The molecule has 0 unspecified atom stereocenters. The van der Waals surface area contributed by atoms with Crippen LogP contribution in [0.5, 0.6) is 0 Å². The fourth-order valence-electron chi connectivity index (χ4n) is 6.37. The third kappa shape index (κ3) is 5.43. The lowest BCUT2D eigenvalue weighted by molar-refractivity contribution is 0.979. The summed E-state index contributed by atoms with van der Waals surface area (Å²) >= 11 is 0. The quantitative estimate of drug-likeness (QED) is 0.184. The second-order valence-electron chi connectivity index (χ2n) is 12.0. The SMILES string of the molecule is c1ccc(-c2cc3c4ccc(-c5ccc(-c6nc(-c7ccccc7)nc(-c7ccccc7)n6)cc5)cc4cc(-c4ccccc4)n3n2)cc1. The van der Waals surface area contributed by atoms with Gasteiger partial charge in [-0.2, -0.15) is 5.10 Å². The molecule has 0 aliphatic heterocycles. The first kappa shape index (κ1) is 28.5. The van der Waals surface area contributed by atoms with E-state index in [9.17, 15) is 0 Å². The number of pyridine rings is 1. The molecule has 0 saturated heterocycles. The maximum absolute atomic E-state index is 5.08. The van der Waals surface area contributed by atoms with Crippen molar-refractivity contribution in [2.45, 2.75) is 0 Å². The average molecular weight is 628 g/mol. The van der Waals surface area contributed by atoms with Crippen LogP contribution in [0.4, 0.5) is 0 Å². The number of hydrogen-bond acceptors (Lipinski definition) is 4. The topological polar surface area (TPSA) is 56.0 Å². The molecule has 9 aromatic rings. The van der Waals surface area contributed by atoms with Gasteiger partial charge in [-0.05, 0) is 34.7 Å². The molecule has 0 aliphatic carbocycles. The number of fused-ring (bicyclic) bond motifs is 3.